The number of urea groups is 1. The van der Waals surface area contributed by atoms with Crippen LogP contribution in [0.5, 0.6) is 0 Å². The Balaban J connectivity index is 1.56. The molecular formula is C20H32N6O4. The number of amides is 2. The third-order valence-electron chi connectivity index (χ3n) is 5.29. The number of carbonyl (C=O) groups excluding carboxylic acids is 1. The summed E-state index contributed by atoms with van der Waals surface area (Å²) in [5, 5.41) is 2.88. The lowest BCUT2D eigenvalue weighted by Gasteiger charge is -2.26. The van der Waals surface area contributed by atoms with Crippen LogP contribution in [0.1, 0.15) is 17.1 Å². The Hall–Kier alpha value is -2.43. The number of nitrogens with two attached hydrogens (primary N) is 1. The molecule has 0 aromatic carbocycles. The number of pyridine rings is 1. The molecule has 10 nitrogen and oxygen atoms in total. The number of carbonyl (C=O) groups is 1. The summed E-state index contributed by atoms with van der Waals surface area (Å²) < 4.78 is 18.4. The van der Waals surface area contributed by atoms with Crippen LogP contribution in [0.3, 0.4) is 0 Å². The molecule has 2 aromatic heterocycles. The maximum Gasteiger partial charge on any atom is 0.317 e. The highest BCUT2D eigenvalue weighted by molar-refractivity contribution is 5.88. The zero-order chi connectivity index (χ0) is 21.5. The van der Waals surface area contributed by atoms with Crippen molar-refractivity contribution in [3.63, 3.8) is 0 Å². The number of rotatable bonds is 9. The lowest BCUT2D eigenvalue weighted by Crippen LogP contribution is -2.46. The Morgan fingerprint density at radius 3 is 2.70 bits per heavy atom. The highest BCUT2D eigenvalue weighted by Gasteiger charge is 2.18. The molecular weight excluding hydrogens is 388 g/mol. The van der Waals surface area contributed by atoms with Gasteiger partial charge in [0.15, 0.2) is 5.82 Å². The van der Waals surface area contributed by atoms with Crippen molar-refractivity contribution >= 4 is 22.9 Å². The summed E-state index contributed by atoms with van der Waals surface area (Å²) in [6, 6.07) is -0.0709. The maximum atomic E-state index is 12.1. The van der Waals surface area contributed by atoms with Gasteiger partial charge in [0.1, 0.15) is 11.3 Å². The van der Waals surface area contributed by atoms with Crippen molar-refractivity contribution < 1.29 is 19.0 Å². The third-order valence-corrected chi connectivity index (χ3v) is 5.29. The van der Waals surface area contributed by atoms with E-state index in [2.05, 4.69) is 14.9 Å². The monoisotopic (exact) mass is 420 g/mol. The zero-order valence-corrected chi connectivity index (χ0v) is 18.1. The molecule has 10 heteroatoms. The highest BCUT2D eigenvalue weighted by Crippen LogP contribution is 2.26. The Morgan fingerprint density at radius 2 is 1.97 bits per heavy atom. The predicted molar refractivity (Wildman–Crippen MR) is 114 cm³/mol. The fourth-order valence-corrected chi connectivity index (χ4v) is 3.54. The molecule has 1 aliphatic rings. The molecule has 166 valence electrons. The molecule has 3 N–H and O–H groups in total. The Labute approximate surface area is 176 Å². The van der Waals surface area contributed by atoms with Crippen LogP contribution in [0.2, 0.25) is 0 Å². The van der Waals surface area contributed by atoms with Gasteiger partial charge in [-0.1, -0.05) is 0 Å². The van der Waals surface area contributed by atoms with Gasteiger partial charge in [0.25, 0.3) is 0 Å². The minimum atomic E-state index is -0.0709. The molecule has 0 aliphatic carbocycles. The molecule has 1 aliphatic heterocycles. The summed E-state index contributed by atoms with van der Waals surface area (Å²) >= 11 is 0. The molecule has 2 amide bonds. The van der Waals surface area contributed by atoms with Crippen LogP contribution in [-0.4, -0.2) is 85.2 Å². The molecule has 0 radical (unpaired) electrons. The molecule has 0 saturated carbocycles. The van der Waals surface area contributed by atoms with E-state index in [-0.39, 0.29) is 6.03 Å². The van der Waals surface area contributed by atoms with E-state index in [0.717, 1.165) is 28.1 Å². The Kier molecular flexibility index (Phi) is 7.83. The molecule has 30 heavy (non-hydrogen) atoms. The number of morpholine rings is 1. The summed E-state index contributed by atoms with van der Waals surface area (Å²) in [5.41, 5.74) is 9.80. The summed E-state index contributed by atoms with van der Waals surface area (Å²) in [6.07, 6.45) is 0.679. The van der Waals surface area contributed by atoms with Gasteiger partial charge in [-0.3, -0.25) is 0 Å². The number of nitrogens with one attached hydrogen (secondary N) is 1. The Morgan fingerprint density at radius 1 is 1.20 bits per heavy atom. The molecule has 0 bridgehead atoms. The number of imidazole rings is 1. The highest BCUT2D eigenvalue weighted by atomic mass is 16.5. The molecule has 3 heterocycles. The van der Waals surface area contributed by atoms with Crippen LogP contribution in [0.15, 0.2) is 0 Å². The maximum absolute atomic E-state index is 12.1. The van der Waals surface area contributed by atoms with Crippen LogP contribution in [-0.2, 0) is 27.2 Å². The number of nitrogens with zero attached hydrogens (tertiary/aromatic N) is 4. The first kappa shape index (κ1) is 22.3. The van der Waals surface area contributed by atoms with E-state index in [0.29, 0.717) is 71.5 Å². The first-order valence-corrected chi connectivity index (χ1v) is 10.3. The summed E-state index contributed by atoms with van der Waals surface area (Å²) in [5.74, 6) is 1.34. The van der Waals surface area contributed by atoms with E-state index >= 15 is 0 Å². The molecule has 2 aromatic rings. The SMILES string of the molecule is COCCc1nc2c(N)nc(C)c(C)c2n1CCOCCNC(=O)N1CCOCC1. The van der Waals surface area contributed by atoms with E-state index in [4.69, 9.17) is 24.9 Å². The van der Waals surface area contributed by atoms with E-state index in [1.165, 1.54) is 0 Å². The lowest BCUT2D eigenvalue weighted by atomic mass is 10.2. The van der Waals surface area contributed by atoms with Crippen LogP contribution in [0.25, 0.3) is 11.0 Å². The number of aromatic nitrogens is 3. The summed E-state index contributed by atoms with van der Waals surface area (Å²) in [7, 11) is 1.67. The van der Waals surface area contributed by atoms with Gasteiger partial charge in [-0.15, -0.1) is 0 Å². The van der Waals surface area contributed by atoms with Crippen molar-refractivity contribution in [3.05, 3.63) is 17.1 Å². The fraction of sp³-hybridized carbons (Fsp3) is 0.650. The smallest absolute Gasteiger partial charge is 0.317 e. The average molecular weight is 421 g/mol. The number of anilines is 1. The quantitative estimate of drug-likeness (QED) is 0.578. The lowest BCUT2D eigenvalue weighted by molar-refractivity contribution is 0.0523. The minimum absolute atomic E-state index is 0.0709. The van der Waals surface area contributed by atoms with Crippen molar-refractivity contribution in [2.75, 3.05) is 65.5 Å². The van der Waals surface area contributed by atoms with Gasteiger partial charge in [0, 0.05) is 45.4 Å². The predicted octanol–water partition coefficient (Wildman–Crippen LogP) is 0.878. The standard InChI is InChI=1S/C20H32N6O4/c1-14-15(2)23-19(21)17-18(14)26(16(24-17)4-9-28-3)8-13-29-10-5-22-20(27)25-6-11-30-12-7-25/h4-13H2,1-3H3,(H2,21,23)(H,22,27). The van der Waals surface area contributed by atoms with Crippen molar-refractivity contribution in [2.45, 2.75) is 26.8 Å². The molecule has 3 rings (SSSR count). The van der Waals surface area contributed by atoms with Crippen LogP contribution < -0.4 is 11.1 Å². The van der Waals surface area contributed by atoms with Gasteiger partial charge in [0.2, 0.25) is 0 Å². The molecule has 1 saturated heterocycles. The van der Waals surface area contributed by atoms with Gasteiger partial charge in [0.05, 0.1) is 38.6 Å². The fourth-order valence-electron chi connectivity index (χ4n) is 3.54. The minimum Gasteiger partial charge on any atom is -0.384 e. The second kappa shape index (κ2) is 10.6. The topological polar surface area (TPSA) is 117 Å². The van der Waals surface area contributed by atoms with Crippen LogP contribution in [0, 0.1) is 13.8 Å². The number of hydrogen-bond donors (Lipinski definition) is 2. The molecule has 0 unspecified atom stereocenters. The van der Waals surface area contributed by atoms with Gasteiger partial charge < -0.3 is 34.7 Å². The second-order valence-corrected chi connectivity index (χ2v) is 7.27. The van der Waals surface area contributed by atoms with Gasteiger partial charge in [-0.05, 0) is 19.4 Å². The van der Waals surface area contributed by atoms with E-state index in [9.17, 15) is 4.79 Å². The zero-order valence-electron chi connectivity index (χ0n) is 18.1. The van der Waals surface area contributed by atoms with Gasteiger partial charge in [-0.2, -0.15) is 0 Å². The van der Waals surface area contributed by atoms with Crippen molar-refractivity contribution in [3.8, 4) is 0 Å². The number of nitrogen functional groups attached to an aromatic ring is 1. The molecule has 1 fully saturated rings. The van der Waals surface area contributed by atoms with E-state index in [1.807, 2.05) is 13.8 Å². The number of methoxy groups -OCH3 is 1. The molecule has 0 atom stereocenters. The Bertz CT molecular complexity index is 863. The number of fused-ring (bicyclic) bond motifs is 1. The van der Waals surface area contributed by atoms with Gasteiger partial charge >= 0.3 is 6.03 Å². The van der Waals surface area contributed by atoms with E-state index < -0.39 is 0 Å². The van der Waals surface area contributed by atoms with Crippen LogP contribution >= 0.6 is 0 Å². The van der Waals surface area contributed by atoms with Crippen molar-refractivity contribution in [1.29, 1.82) is 0 Å². The summed E-state index contributed by atoms with van der Waals surface area (Å²) in [4.78, 5) is 22.9. The van der Waals surface area contributed by atoms with Crippen molar-refractivity contribution in [2.24, 2.45) is 0 Å². The summed E-state index contributed by atoms with van der Waals surface area (Å²) in [6.45, 7) is 9.03. The number of hydrogen-bond acceptors (Lipinski definition) is 7. The normalized spacial score (nSPS) is 14.4. The first-order valence-electron chi connectivity index (χ1n) is 10.3. The van der Waals surface area contributed by atoms with Gasteiger partial charge in [-0.25, -0.2) is 14.8 Å². The first-order chi connectivity index (χ1) is 14.5. The average Bonchev–Trinajstić information content (AvgIpc) is 3.12. The number of ether oxygens (including phenoxy) is 3. The van der Waals surface area contributed by atoms with Crippen molar-refractivity contribution in [1.82, 2.24) is 24.8 Å². The van der Waals surface area contributed by atoms with E-state index in [1.54, 1.807) is 12.0 Å². The largest absolute Gasteiger partial charge is 0.384 e. The third kappa shape index (κ3) is 5.18. The van der Waals surface area contributed by atoms with Crippen LogP contribution in [0.4, 0.5) is 10.6 Å². The second-order valence-electron chi connectivity index (χ2n) is 7.27. The molecule has 0 spiro atoms. The number of aryl methyl sites for hydroxylation is 2.